The van der Waals surface area contributed by atoms with Gasteiger partial charge < -0.3 is 10.5 Å². The van der Waals surface area contributed by atoms with Gasteiger partial charge in [-0.2, -0.15) is 0 Å². The molecule has 0 atom stereocenters. The fourth-order valence-corrected chi connectivity index (χ4v) is 2.01. The fraction of sp³-hybridized carbons (Fsp3) is 0.462. The van der Waals surface area contributed by atoms with Crippen molar-refractivity contribution in [2.75, 3.05) is 32.0 Å². The third-order valence-corrected chi connectivity index (χ3v) is 3.08. The molecule has 0 saturated carbocycles. The van der Waals surface area contributed by atoms with E-state index in [2.05, 4.69) is 4.90 Å². The van der Waals surface area contributed by atoms with Crippen molar-refractivity contribution in [1.82, 2.24) is 4.90 Å². The molecule has 2 N–H and O–H groups in total. The maximum Gasteiger partial charge on any atom is 0.338 e. The normalized spacial score (nSPS) is 15.8. The first-order chi connectivity index (χ1) is 8.66. The number of hydrogen-bond acceptors (Lipinski definition) is 4. The van der Waals surface area contributed by atoms with Gasteiger partial charge in [-0.1, -0.05) is 0 Å². The van der Waals surface area contributed by atoms with Gasteiger partial charge in [0.15, 0.2) is 0 Å². The molecule has 0 radical (unpaired) electrons. The number of carbonyl (C=O) groups excluding carboxylic acids is 1. The second-order valence-corrected chi connectivity index (χ2v) is 4.42. The summed E-state index contributed by atoms with van der Waals surface area (Å²) in [5, 5.41) is 0. The van der Waals surface area contributed by atoms with E-state index in [0.29, 0.717) is 6.61 Å². The lowest BCUT2D eigenvalue weighted by atomic mass is 10.2. The first kappa shape index (κ1) is 12.8. The Bertz CT molecular complexity index is 431. The number of likely N-dealkylation sites (tertiary alicyclic amines) is 1. The van der Waals surface area contributed by atoms with Crippen LogP contribution in [0.2, 0.25) is 0 Å². The summed E-state index contributed by atoms with van der Waals surface area (Å²) in [5.74, 6) is -1.10. The zero-order valence-corrected chi connectivity index (χ0v) is 10.2. The minimum absolute atomic E-state index is 0.0311. The summed E-state index contributed by atoms with van der Waals surface area (Å²) in [5.41, 5.74) is 5.57. The number of rotatable bonds is 4. The minimum atomic E-state index is -0.594. The number of nitrogen functional groups attached to an aromatic ring is 1. The Labute approximate surface area is 106 Å². The molecule has 2 rings (SSSR count). The zero-order valence-electron chi connectivity index (χ0n) is 10.2. The third kappa shape index (κ3) is 3.20. The van der Waals surface area contributed by atoms with Crippen molar-refractivity contribution in [3.63, 3.8) is 0 Å². The van der Waals surface area contributed by atoms with Crippen LogP contribution in [0.25, 0.3) is 0 Å². The molecular weight excluding hydrogens is 235 g/mol. The van der Waals surface area contributed by atoms with Crippen LogP contribution in [-0.4, -0.2) is 37.1 Å². The van der Waals surface area contributed by atoms with Gasteiger partial charge in [0, 0.05) is 6.54 Å². The predicted molar refractivity (Wildman–Crippen MR) is 66.8 cm³/mol. The molecule has 98 valence electrons. The van der Waals surface area contributed by atoms with E-state index in [1.807, 2.05) is 0 Å². The summed E-state index contributed by atoms with van der Waals surface area (Å²) in [6.45, 7) is 3.20. The summed E-state index contributed by atoms with van der Waals surface area (Å²) in [4.78, 5) is 13.9. The molecule has 5 heteroatoms. The number of benzene rings is 1. The van der Waals surface area contributed by atoms with Gasteiger partial charge in [-0.05, 0) is 44.1 Å². The maximum absolute atomic E-state index is 13.2. The van der Waals surface area contributed by atoms with Crippen molar-refractivity contribution in [1.29, 1.82) is 0 Å². The molecule has 0 aliphatic carbocycles. The Balaban J connectivity index is 1.81. The van der Waals surface area contributed by atoms with Crippen LogP contribution in [0.4, 0.5) is 10.1 Å². The molecule has 0 amide bonds. The van der Waals surface area contributed by atoms with Gasteiger partial charge in [0.25, 0.3) is 0 Å². The van der Waals surface area contributed by atoms with Crippen LogP contribution in [0.15, 0.2) is 18.2 Å². The molecule has 1 aliphatic rings. The lowest BCUT2D eigenvalue weighted by molar-refractivity contribution is 0.0472. The molecule has 4 nitrogen and oxygen atoms in total. The highest BCUT2D eigenvalue weighted by molar-refractivity contribution is 5.89. The highest BCUT2D eigenvalue weighted by atomic mass is 19.1. The van der Waals surface area contributed by atoms with Crippen LogP contribution in [0.5, 0.6) is 0 Å². The molecule has 0 unspecified atom stereocenters. The first-order valence-electron chi connectivity index (χ1n) is 6.11. The number of anilines is 1. The van der Waals surface area contributed by atoms with Gasteiger partial charge in [0.1, 0.15) is 12.4 Å². The van der Waals surface area contributed by atoms with E-state index in [9.17, 15) is 9.18 Å². The summed E-state index contributed by atoms with van der Waals surface area (Å²) >= 11 is 0. The van der Waals surface area contributed by atoms with Gasteiger partial charge in [-0.3, -0.25) is 4.90 Å². The summed E-state index contributed by atoms with van der Waals surface area (Å²) < 4.78 is 18.3. The Morgan fingerprint density at radius 2 is 2.11 bits per heavy atom. The average molecular weight is 252 g/mol. The van der Waals surface area contributed by atoms with Gasteiger partial charge in [-0.25, -0.2) is 9.18 Å². The van der Waals surface area contributed by atoms with Crippen molar-refractivity contribution in [2.24, 2.45) is 0 Å². The van der Waals surface area contributed by atoms with E-state index in [1.54, 1.807) is 0 Å². The van der Waals surface area contributed by atoms with Crippen molar-refractivity contribution in [3.05, 3.63) is 29.6 Å². The molecule has 18 heavy (non-hydrogen) atoms. The molecule has 0 spiro atoms. The van der Waals surface area contributed by atoms with Crippen LogP contribution in [0.1, 0.15) is 23.2 Å². The highest BCUT2D eigenvalue weighted by Crippen LogP contribution is 2.13. The quantitative estimate of drug-likeness (QED) is 0.654. The number of nitrogens with two attached hydrogens (primary N) is 1. The second kappa shape index (κ2) is 5.82. The van der Waals surface area contributed by atoms with Crippen LogP contribution in [-0.2, 0) is 4.74 Å². The van der Waals surface area contributed by atoms with E-state index < -0.39 is 11.8 Å². The molecule has 1 fully saturated rings. The van der Waals surface area contributed by atoms with Crippen molar-refractivity contribution < 1.29 is 13.9 Å². The third-order valence-electron chi connectivity index (χ3n) is 3.08. The predicted octanol–water partition coefficient (Wildman–Crippen LogP) is 1.66. The number of esters is 1. The van der Waals surface area contributed by atoms with E-state index in [4.69, 9.17) is 10.5 Å². The molecule has 0 aromatic heterocycles. The SMILES string of the molecule is Nc1ccc(C(=O)OCCN2CCCC2)cc1F. The lowest BCUT2D eigenvalue weighted by Gasteiger charge is -2.14. The van der Waals surface area contributed by atoms with Crippen molar-refractivity contribution in [2.45, 2.75) is 12.8 Å². The monoisotopic (exact) mass is 252 g/mol. The number of halogens is 1. The number of nitrogens with zero attached hydrogens (tertiary/aromatic N) is 1. The minimum Gasteiger partial charge on any atom is -0.461 e. The maximum atomic E-state index is 13.2. The van der Waals surface area contributed by atoms with Crippen molar-refractivity contribution >= 4 is 11.7 Å². The van der Waals surface area contributed by atoms with Gasteiger partial charge in [0.05, 0.1) is 11.3 Å². The molecule has 0 bridgehead atoms. The Hall–Kier alpha value is -1.62. The molecule has 1 heterocycles. The standard InChI is InChI=1S/C13H17FN2O2/c14-11-9-10(3-4-12(11)15)13(17)18-8-7-16-5-1-2-6-16/h3-4,9H,1-2,5-8,15H2. The van der Waals surface area contributed by atoms with Gasteiger partial charge in [-0.15, -0.1) is 0 Å². The number of ether oxygens (including phenoxy) is 1. The Morgan fingerprint density at radius 1 is 1.39 bits per heavy atom. The fourth-order valence-electron chi connectivity index (χ4n) is 2.01. The molecule has 1 aromatic carbocycles. The summed E-state index contributed by atoms with van der Waals surface area (Å²) in [7, 11) is 0. The number of carbonyl (C=O) groups is 1. The molecule has 1 saturated heterocycles. The molecule has 1 aliphatic heterocycles. The average Bonchev–Trinajstić information content (AvgIpc) is 2.85. The zero-order chi connectivity index (χ0) is 13.0. The summed E-state index contributed by atoms with van der Waals surface area (Å²) in [6, 6.07) is 3.94. The van der Waals surface area contributed by atoms with E-state index in [0.717, 1.165) is 25.7 Å². The van der Waals surface area contributed by atoms with E-state index >= 15 is 0 Å². The Morgan fingerprint density at radius 3 is 2.78 bits per heavy atom. The van der Waals surface area contributed by atoms with E-state index in [1.165, 1.54) is 25.0 Å². The second-order valence-electron chi connectivity index (χ2n) is 4.42. The van der Waals surface area contributed by atoms with Gasteiger partial charge in [0.2, 0.25) is 0 Å². The van der Waals surface area contributed by atoms with Gasteiger partial charge >= 0.3 is 5.97 Å². The van der Waals surface area contributed by atoms with Crippen LogP contribution >= 0.6 is 0 Å². The lowest BCUT2D eigenvalue weighted by Crippen LogP contribution is -2.25. The first-order valence-corrected chi connectivity index (χ1v) is 6.11. The van der Waals surface area contributed by atoms with Crippen LogP contribution < -0.4 is 5.73 Å². The van der Waals surface area contributed by atoms with Crippen molar-refractivity contribution in [3.8, 4) is 0 Å². The topological polar surface area (TPSA) is 55.6 Å². The summed E-state index contributed by atoms with van der Waals surface area (Å²) in [6.07, 6.45) is 2.41. The highest BCUT2D eigenvalue weighted by Gasteiger charge is 2.13. The smallest absolute Gasteiger partial charge is 0.338 e. The Kier molecular flexibility index (Phi) is 4.15. The van der Waals surface area contributed by atoms with E-state index in [-0.39, 0.29) is 11.3 Å². The molecule has 1 aromatic rings. The largest absolute Gasteiger partial charge is 0.461 e. The molecular formula is C13H17FN2O2. The number of hydrogen-bond donors (Lipinski definition) is 1. The van der Waals surface area contributed by atoms with Crippen LogP contribution in [0, 0.1) is 5.82 Å². The van der Waals surface area contributed by atoms with Crippen LogP contribution in [0.3, 0.4) is 0 Å².